The lowest BCUT2D eigenvalue weighted by Gasteiger charge is -1.95. The molecule has 0 bridgehead atoms. The lowest BCUT2D eigenvalue weighted by molar-refractivity contribution is -0.140. The summed E-state index contributed by atoms with van der Waals surface area (Å²) in [6, 6.07) is 0. The normalized spacial score (nSPS) is 28.1. The monoisotopic (exact) mass is 117 g/mol. The third-order valence-electron chi connectivity index (χ3n) is 1.33. The highest BCUT2D eigenvalue weighted by Crippen LogP contribution is 2.11. The summed E-state index contributed by atoms with van der Waals surface area (Å²) in [6.07, 6.45) is 0.801. The second-order valence-electron chi connectivity index (χ2n) is 1.89. The maximum atomic E-state index is 10.5. The van der Waals surface area contributed by atoms with Crippen LogP contribution < -0.4 is 5.73 Å². The average Bonchev–Trinajstić information content (AvgIpc) is 2.14. The van der Waals surface area contributed by atoms with E-state index in [0.717, 1.165) is 6.42 Å². The Morgan fingerprint density at radius 3 is 3.00 bits per heavy atom. The number of rotatable bonds is 1. The molecule has 1 heterocycles. The molecule has 0 saturated carbocycles. The predicted molar refractivity (Wildman–Crippen MR) is 30.2 cm³/mol. The van der Waals surface area contributed by atoms with Gasteiger partial charge in [0.25, 0.3) is 0 Å². The fourth-order valence-electron chi connectivity index (χ4n) is 0.752. The second kappa shape index (κ2) is 2.13. The lowest BCUT2D eigenvalue weighted by atomic mass is 10.1. The first-order valence-electron chi connectivity index (χ1n) is 2.71. The highest BCUT2D eigenvalue weighted by atomic mass is 16.5. The number of esters is 1. The molecule has 1 fully saturated rings. The Labute approximate surface area is 49.3 Å². The minimum atomic E-state index is -0.132. The van der Waals surface area contributed by atoms with Crippen LogP contribution in [0.25, 0.3) is 0 Å². The molecule has 1 aliphatic rings. The summed E-state index contributed by atoms with van der Waals surface area (Å²) >= 11 is 0. The molecule has 2 N–H and O–H groups in total. The van der Waals surface area contributed by atoms with E-state index < -0.39 is 0 Å². The third-order valence-corrected chi connectivity index (χ3v) is 1.33. The third kappa shape index (κ3) is 0.816. The molecule has 0 spiro atoms. The van der Waals surface area contributed by atoms with Crippen LogP contribution in [-0.2, 0) is 9.53 Å². The van der Waals surface area contributed by atoms with Crippen molar-refractivity contribution in [3.63, 3.8) is 0 Å². The smallest absolute Gasteiger partial charge is 0.310 e. The Bertz CT molecular complexity index is 107. The van der Waals surface area contributed by atoms with Crippen LogP contribution in [0.2, 0.25) is 0 Å². The highest BCUT2D eigenvalue weighted by Gasteiger charge is 2.24. The summed E-state index contributed by atoms with van der Waals surface area (Å²) in [5, 5.41) is 0. The van der Waals surface area contributed by atoms with Crippen molar-refractivity contribution in [3.05, 3.63) is 0 Å². The van der Waals surface area contributed by atoms with E-state index in [1.165, 1.54) is 0 Å². The summed E-state index contributed by atoms with van der Waals surface area (Å²) < 4.78 is 4.64. The van der Waals surface area contributed by atoms with Gasteiger partial charge in [0.1, 0.15) is 0 Å². The predicted octanol–water partition coefficient (Wildman–Crippen LogP) is -0.246. The molecule has 3 heteroatoms. The summed E-state index contributed by atoms with van der Waals surface area (Å²) in [7, 11) is 0. The van der Waals surface area contributed by atoms with E-state index in [-0.39, 0.29) is 13.3 Å². The molecule has 3 nitrogen and oxygen atoms in total. The molecule has 1 unspecified atom stereocenters. The quantitative estimate of drug-likeness (QED) is 0.482. The summed E-state index contributed by atoms with van der Waals surface area (Å²) in [6.45, 7) is 0.986. The van der Waals surface area contributed by atoms with Gasteiger partial charge in [0, 0.05) is 7.97 Å². The Kier molecular flexibility index (Phi) is 1.48. The number of carbonyl (C=O) groups excluding carboxylic acids is 1. The van der Waals surface area contributed by atoms with Gasteiger partial charge >= 0.3 is 5.97 Å². The van der Waals surface area contributed by atoms with E-state index in [0.29, 0.717) is 13.2 Å². The molecule has 0 aromatic rings. The van der Waals surface area contributed by atoms with Gasteiger partial charge in [-0.2, -0.15) is 0 Å². The molecule has 0 amide bonds. The van der Waals surface area contributed by atoms with Gasteiger partial charge in [-0.25, -0.2) is 0 Å². The summed E-state index contributed by atoms with van der Waals surface area (Å²) in [5.41, 5.74) is 5.22. The molecule has 0 aromatic carbocycles. The van der Waals surface area contributed by atoms with Crippen LogP contribution in [0.1, 0.15) is 7.85 Å². The van der Waals surface area contributed by atoms with Crippen molar-refractivity contribution >= 4 is 5.97 Å². The molecule has 48 valence electrons. The van der Waals surface area contributed by atoms with Gasteiger partial charge in [0.15, 0.2) is 0 Å². The first-order valence-corrected chi connectivity index (χ1v) is 2.71. The Morgan fingerprint density at radius 1 is 2.00 bits per heavy atom. The Morgan fingerprint density at radius 2 is 2.75 bits per heavy atom. The van der Waals surface area contributed by atoms with E-state index in [1.807, 2.05) is 0 Å². The topological polar surface area (TPSA) is 52.3 Å². The van der Waals surface area contributed by atoms with Crippen LogP contribution in [0.4, 0.5) is 0 Å². The fourth-order valence-corrected chi connectivity index (χ4v) is 0.752. The fraction of sp³-hybridized carbons (Fsp3) is 0.800. The van der Waals surface area contributed by atoms with Crippen LogP contribution in [0.3, 0.4) is 0 Å². The maximum Gasteiger partial charge on any atom is 0.310 e. The van der Waals surface area contributed by atoms with E-state index in [1.54, 1.807) is 0 Å². The second-order valence-corrected chi connectivity index (χ2v) is 1.89. The van der Waals surface area contributed by atoms with Crippen LogP contribution in [0.15, 0.2) is 0 Å². The zero-order valence-corrected chi connectivity index (χ0v) is 4.59. The molecular weight excluding hydrogens is 106 g/mol. The number of hydrogen-bond acceptors (Lipinski definition) is 3. The Balaban J connectivity index is 0.000000640. The first kappa shape index (κ1) is 5.56. The van der Waals surface area contributed by atoms with Crippen LogP contribution in [0, 0.1) is 5.92 Å². The van der Waals surface area contributed by atoms with Crippen LogP contribution in [0.5, 0.6) is 0 Å². The standard InChI is InChI=1S/C5H9NO2.H2/c6-3-4-1-2-8-5(4)7;/h4H,1-3,6H2;1H. The van der Waals surface area contributed by atoms with E-state index in [4.69, 9.17) is 5.73 Å². The van der Waals surface area contributed by atoms with Gasteiger partial charge in [-0.3, -0.25) is 4.79 Å². The molecule has 1 saturated heterocycles. The number of hydrogen-bond donors (Lipinski definition) is 1. The SMILES string of the molecule is NCC1CCOC1=O.[HH]. The lowest BCUT2D eigenvalue weighted by Crippen LogP contribution is -2.18. The van der Waals surface area contributed by atoms with Crippen molar-refractivity contribution in [3.8, 4) is 0 Å². The molecule has 1 aliphatic heterocycles. The molecule has 0 aromatic heterocycles. The van der Waals surface area contributed by atoms with Crippen molar-refractivity contribution in [1.82, 2.24) is 0 Å². The van der Waals surface area contributed by atoms with Gasteiger partial charge in [-0.05, 0) is 6.42 Å². The minimum Gasteiger partial charge on any atom is -0.465 e. The molecule has 0 aliphatic carbocycles. The van der Waals surface area contributed by atoms with Crippen molar-refractivity contribution in [1.29, 1.82) is 0 Å². The van der Waals surface area contributed by atoms with Crippen LogP contribution >= 0.6 is 0 Å². The molecule has 1 atom stereocenters. The first-order chi connectivity index (χ1) is 3.84. The van der Waals surface area contributed by atoms with Crippen molar-refractivity contribution in [2.24, 2.45) is 11.7 Å². The maximum absolute atomic E-state index is 10.5. The van der Waals surface area contributed by atoms with Crippen molar-refractivity contribution in [2.75, 3.05) is 13.2 Å². The number of nitrogens with two attached hydrogens (primary N) is 1. The van der Waals surface area contributed by atoms with Crippen molar-refractivity contribution < 1.29 is 11.0 Å². The number of ether oxygens (including phenoxy) is 1. The van der Waals surface area contributed by atoms with Crippen LogP contribution in [-0.4, -0.2) is 19.1 Å². The molecule has 8 heavy (non-hydrogen) atoms. The largest absolute Gasteiger partial charge is 0.465 e. The summed E-state index contributed by atoms with van der Waals surface area (Å²) in [5.74, 6) is -0.150. The van der Waals surface area contributed by atoms with Gasteiger partial charge in [0.2, 0.25) is 0 Å². The molecule has 0 radical (unpaired) electrons. The van der Waals surface area contributed by atoms with E-state index in [2.05, 4.69) is 4.74 Å². The van der Waals surface area contributed by atoms with E-state index in [9.17, 15) is 4.79 Å². The zero-order valence-electron chi connectivity index (χ0n) is 4.59. The van der Waals surface area contributed by atoms with Crippen molar-refractivity contribution in [2.45, 2.75) is 6.42 Å². The average molecular weight is 117 g/mol. The molecular formula is C5H11NO2. The zero-order chi connectivity index (χ0) is 5.98. The van der Waals surface area contributed by atoms with Gasteiger partial charge in [-0.15, -0.1) is 0 Å². The van der Waals surface area contributed by atoms with E-state index >= 15 is 0 Å². The minimum absolute atomic E-state index is 0. The highest BCUT2D eigenvalue weighted by molar-refractivity contribution is 5.74. The van der Waals surface area contributed by atoms with Gasteiger partial charge < -0.3 is 10.5 Å². The summed E-state index contributed by atoms with van der Waals surface area (Å²) in [4.78, 5) is 10.5. The van der Waals surface area contributed by atoms with Gasteiger partial charge in [-0.1, -0.05) is 0 Å². The molecule has 1 rings (SSSR count). The van der Waals surface area contributed by atoms with Gasteiger partial charge in [0.05, 0.1) is 12.5 Å². The Hall–Kier alpha value is -0.570. The number of carbonyl (C=O) groups is 1. The number of cyclic esters (lactones) is 1.